The Kier molecular flexibility index (Phi) is 3.97. The Morgan fingerprint density at radius 2 is 2.11 bits per heavy atom. The van der Waals surface area contributed by atoms with Crippen LogP contribution in [0.4, 0.5) is 0 Å². The number of fused-ring (bicyclic) bond motifs is 1. The summed E-state index contributed by atoms with van der Waals surface area (Å²) in [7, 11) is 1.70. The summed E-state index contributed by atoms with van der Waals surface area (Å²) < 4.78 is 6.43. The van der Waals surface area contributed by atoms with Gasteiger partial charge in [0.25, 0.3) is 0 Å². The van der Waals surface area contributed by atoms with Gasteiger partial charge in [0, 0.05) is 28.1 Å². The molecule has 0 saturated carbocycles. The number of ether oxygens (including phenoxy) is 1. The molecule has 0 fully saturated rings. The number of methoxy groups -OCH3 is 1. The lowest BCUT2D eigenvalue weighted by molar-refractivity contribution is 0.415. The van der Waals surface area contributed by atoms with Gasteiger partial charge in [0.15, 0.2) is 0 Å². The first-order chi connectivity index (χ1) is 8.52. The molecule has 1 aromatic carbocycles. The van der Waals surface area contributed by atoms with Gasteiger partial charge >= 0.3 is 0 Å². The third-order valence-electron chi connectivity index (χ3n) is 3.01. The zero-order valence-electron chi connectivity index (χ0n) is 11.2. The molecule has 0 amide bonds. The van der Waals surface area contributed by atoms with E-state index in [1.807, 2.05) is 6.07 Å². The molecule has 0 atom stereocenters. The van der Waals surface area contributed by atoms with Crippen molar-refractivity contribution >= 4 is 26.8 Å². The van der Waals surface area contributed by atoms with Crippen LogP contribution in [0.1, 0.15) is 25.1 Å². The first-order valence-electron chi connectivity index (χ1n) is 6.11. The Hall–Kier alpha value is -1.00. The van der Waals surface area contributed by atoms with Crippen molar-refractivity contribution in [3.63, 3.8) is 0 Å². The van der Waals surface area contributed by atoms with Crippen molar-refractivity contribution < 1.29 is 4.74 Å². The lowest BCUT2D eigenvalue weighted by Gasteiger charge is -2.06. The summed E-state index contributed by atoms with van der Waals surface area (Å²) in [6.45, 7) is 7.21. The fourth-order valence-corrected chi connectivity index (χ4v) is 2.56. The van der Waals surface area contributed by atoms with Crippen LogP contribution in [0.15, 0.2) is 16.6 Å². The predicted octanol–water partition coefficient (Wildman–Crippen LogP) is 3.75. The fraction of sp³-hybridized carbons (Fsp3) is 0.429. The summed E-state index contributed by atoms with van der Waals surface area (Å²) in [5, 5.41) is 4.59. The third kappa shape index (κ3) is 2.54. The molecule has 0 radical (unpaired) electrons. The molecular weight excluding hydrogens is 292 g/mol. The first kappa shape index (κ1) is 13.4. The Balaban J connectivity index is 2.45. The highest BCUT2D eigenvalue weighted by Crippen LogP contribution is 2.33. The molecule has 0 aliphatic rings. The van der Waals surface area contributed by atoms with Crippen LogP contribution in [-0.2, 0) is 6.54 Å². The minimum atomic E-state index is 0.471. The second kappa shape index (κ2) is 5.33. The minimum Gasteiger partial charge on any atom is -0.497 e. The molecule has 98 valence electrons. The maximum atomic E-state index is 5.32. The zero-order valence-corrected chi connectivity index (χ0v) is 12.8. The lowest BCUT2D eigenvalue weighted by Crippen LogP contribution is -2.22. The van der Waals surface area contributed by atoms with Gasteiger partial charge in [-0.1, -0.05) is 13.8 Å². The SMILES string of the molecule is COc1cc(C)c2[nH]c(CNC(C)C)c(Br)c2c1. The van der Waals surface area contributed by atoms with Gasteiger partial charge in [0.1, 0.15) is 5.75 Å². The highest BCUT2D eigenvalue weighted by Gasteiger charge is 2.12. The fourth-order valence-electron chi connectivity index (χ4n) is 2.01. The molecule has 2 aromatic rings. The highest BCUT2D eigenvalue weighted by molar-refractivity contribution is 9.10. The Labute approximate surface area is 116 Å². The van der Waals surface area contributed by atoms with E-state index in [9.17, 15) is 0 Å². The van der Waals surface area contributed by atoms with Crippen molar-refractivity contribution in [2.24, 2.45) is 0 Å². The van der Waals surface area contributed by atoms with Crippen LogP contribution in [0.5, 0.6) is 5.75 Å². The number of rotatable bonds is 4. The van der Waals surface area contributed by atoms with Crippen LogP contribution in [0.2, 0.25) is 0 Å². The molecule has 0 unspecified atom stereocenters. The number of aromatic nitrogens is 1. The predicted molar refractivity (Wildman–Crippen MR) is 79.3 cm³/mol. The summed E-state index contributed by atoms with van der Waals surface area (Å²) in [5.41, 5.74) is 3.54. The lowest BCUT2D eigenvalue weighted by atomic mass is 10.1. The highest BCUT2D eigenvalue weighted by atomic mass is 79.9. The summed E-state index contributed by atoms with van der Waals surface area (Å²) in [6, 6.07) is 4.58. The average molecular weight is 311 g/mol. The van der Waals surface area contributed by atoms with E-state index in [1.165, 1.54) is 22.2 Å². The second-order valence-electron chi connectivity index (χ2n) is 4.82. The Bertz CT molecular complexity index is 560. The molecule has 0 spiro atoms. The normalized spacial score (nSPS) is 11.4. The number of nitrogens with one attached hydrogen (secondary N) is 2. The van der Waals surface area contributed by atoms with Crippen LogP contribution < -0.4 is 10.1 Å². The molecule has 4 heteroatoms. The molecule has 2 N–H and O–H groups in total. The van der Waals surface area contributed by atoms with Crippen LogP contribution in [0.3, 0.4) is 0 Å². The number of halogens is 1. The number of hydrogen-bond donors (Lipinski definition) is 2. The number of hydrogen-bond acceptors (Lipinski definition) is 2. The van der Waals surface area contributed by atoms with Crippen LogP contribution in [0, 0.1) is 6.92 Å². The molecule has 3 nitrogen and oxygen atoms in total. The van der Waals surface area contributed by atoms with E-state index in [1.54, 1.807) is 7.11 Å². The van der Waals surface area contributed by atoms with Crippen molar-refractivity contribution in [2.45, 2.75) is 33.4 Å². The average Bonchev–Trinajstić information content (AvgIpc) is 2.65. The Morgan fingerprint density at radius 3 is 2.72 bits per heavy atom. The molecule has 18 heavy (non-hydrogen) atoms. The van der Waals surface area contributed by atoms with E-state index in [2.05, 4.69) is 53.1 Å². The summed E-state index contributed by atoms with van der Waals surface area (Å²) >= 11 is 3.67. The summed E-state index contributed by atoms with van der Waals surface area (Å²) in [5.74, 6) is 0.892. The van der Waals surface area contributed by atoms with Gasteiger partial charge in [-0.05, 0) is 40.5 Å². The molecule has 2 rings (SSSR count). The van der Waals surface area contributed by atoms with E-state index in [0.717, 1.165) is 16.8 Å². The van der Waals surface area contributed by atoms with E-state index in [4.69, 9.17) is 4.74 Å². The van der Waals surface area contributed by atoms with Gasteiger partial charge in [-0.15, -0.1) is 0 Å². The van der Waals surface area contributed by atoms with Crippen LogP contribution in [0.25, 0.3) is 10.9 Å². The monoisotopic (exact) mass is 310 g/mol. The maximum Gasteiger partial charge on any atom is 0.119 e. The van der Waals surface area contributed by atoms with Gasteiger partial charge in [-0.2, -0.15) is 0 Å². The number of H-pyrrole nitrogens is 1. The van der Waals surface area contributed by atoms with Gasteiger partial charge in [-0.3, -0.25) is 0 Å². The first-order valence-corrected chi connectivity index (χ1v) is 6.90. The van der Waals surface area contributed by atoms with Crippen molar-refractivity contribution in [3.05, 3.63) is 27.9 Å². The summed E-state index contributed by atoms with van der Waals surface area (Å²) in [4.78, 5) is 3.47. The molecule has 1 aromatic heterocycles. The van der Waals surface area contributed by atoms with Crippen molar-refractivity contribution in [1.82, 2.24) is 10.3 Å². The number of aryl methyl sites for hydroxylation is 1. The zero-order chi connectivity index (χ0) is 13.3. The standard InChI is InChI=1S/C14H19BrN2O/c1-8(2)16-7-12-13(15)11-6-10(18-4)5-9(3)14(11)17-12/h5-6,8,16-17H,7H2,1-4H3. The molecule has 0 saturated heterocycles. The topological polar surface area (TPSA) is 37.0 Å². The minimum absolute atomic E-state index is 0.471. The quantitative estimate of drug-likeness (QED) is 0.902. The van der Waals surface area contributed by atoms with Crippen molar-refractivity contribution in [1.29, 1.82) is 0 Å². The van der Waals surface area contributed by atoms with Crippen molar-refractivity contribution in [2.75, 3.05) is 7.11 Å². The Morgan fingerprint density at radius 1 is 1.39 bits per heavy atom. The number of benzene rings is 1. The van der Waals surface area contributed by atoms with Gasteiger partial charge in [0.05, 0.1) is 12.6 Å². The number of aromatic amines is 1. The van der Waals surface area contributed by atoms with Gasteiger partial charge in [0.2, 0.25) is 0 Å². The van der Waals surface area contributed by atoms with Gasteiger partial charge < -0.3 is 15.0 Å². The third-order valence-corrected chi connectivity index (χ3v) is 3.91. The molecule has 0 bridgehead atoms. The molecule has 0 aliphatic carbocycles. The molecule has 0 aliphatic heterocycles. The molecular formula is C14H19BrN2O. The maximum absolute atomic E-state index is 5.32. The van der Waals surface area contributed by atoms with E-state index >= 15 is 0 Å². The van der Waals surface area contributed by atoms with E-state index < -0.39 is 0 Å². The van der Waals surface area contributed by atoms with Crippen LogP contribution in [-0.4, -0.2) is 18.1 Å². The van der Waals surface area contributed by atoms with Crippen molar-refractivity contribution in [3.8, 4) is 5.75 Å². The van der Waals surface area contributed by atoms with Gasteiger partial charge in [-0.25, -0.2) is 0 Å². The smallest absolute Gasteiger partial charge is 0.119 e. The summed E-state index contributed by atoms with van der Waals surface area (Å²) in [6.07, 6.45) is 0. The van der Waals surface area contributed by atoms with E-state index in [0.29, 0.717) is 6.04 Å². The van der Waals surface area contributed by atoms with Crippen LogP contribution >= 0.6 is 15.9 Å². The second-order valence-corrected chi connectivity index (χ2v) is 5.61. The molecule has 1 heterocycles. The van der Waals surface area contributed by atoms with E-state index in [-0.39, 0.29) is 0 Å². The largest absolute Gasteiger partial charge is 0.497 e.